The van der Waals surface area contributed by atoms with E-state index in [1.807, 2.05) is 18.2 Å². The Labute approximate surface area is 166 Å². The number of Topliss-reactive ketones (excluding diaryl/α,β-unsaturated/α-hetero) is 1. The molecular formula is C18H15Cl4NO2. The van der Waals surface area contributed by atoms with Crippen LogP contribution in [0.25, 0.3) is 0 Å². The summed E-state index contributed by atoms with van der Waals surface area (Å²) in [6.45, 7) is 3.51. The van der Waals surface area contributed by atoms with Crippen LogP contribution in [0.2, 0.25) is 10.0 Å². The average molecular weight is 419 g/mol. The van der Waals surface area contributed by atoms with E-state index in [9.17, 15) is 4.79 Å². The van der Waals surface area contributed by atoms with Crippen LogP contribution < -0.4 is 5.32 Å². The van der Waals surface area contributed by atoms with E-state index in [2.05, 4.69) is 5.32 Å². The van der Waals surface area contributed by atoms with Crippen molar-refractivity contribution in [3.05, 3.63) is 62.6 Å². The van der Waals surface area contributed by atoms with Gasteiger partial charge in [-0.15, -0.1) is 0 Å². The van der Waals surface area contributed by atoms with Crippen molar-refractivity contribution < 1.29 is 9.53 Å². The van der Waals surface area contributed by atoms with Gasteiger partial charge in [0.25, 0.3) is 0 Å². The van der Waals surface area contributed by atoms with Gasteiger partial charge in [0, 0.05) is 17.7 Å². The summed E-state index contributed by atoms with van der Waals surface area (Å²) < 4.78 is 3.76. The van der Waals surface area contributed by atoms with Crippen molar-refractivity contribution in [1.82, 2.24) is 0 Å². The van der Waals surface area contributed by atoms with Crippen molar-refractivity contribution in [3.8, 4) is 0 Å². The second kappa shape index (κ2) is 6.33. The van der Waals surface area contributed by atoms with Crippen LogP contribution in [0.5, 0.6) is 0 Å². The third-order valence-electron chi connectivity index (χ3n) is 4.57. The molecule has 0 spiro atoms. The Kier molecular flexibility index (Phi) is 4.76. The average Bonchev–Trinajstić information content (AvgIpc) is 2.61. The standard InChI is InChI=1S/C18H15Cl4NO2/c1-9-12-15(14(20)10(2)13(9)19)23-18(25-3,17(21,22)16(12)24)11-7-5-4-6-8-11/h4-8,23H,1-3H3. The number of benzene rings is 2. The number of ether oxygens (including phenoxy) is 1. The number of carbonyl (C=O) groups excluding carboxylic acids is 1. The lowest BCUT2D eigenvalue weighted by molar-refractivity contribution is -0.00296. The van der Waals surface area contributed by atoms with Gasteiger partial charge in [-0.05, 0) is 25.0 Å². The summed E-state index contributed by atoms with van der Waals surface area (Å²) in [4.78, 5) is 13.2. The lowest BCUT2D eigenvalue weighted by Gasteiger charge is -2.46. The molecule has 7 heteroatoms. The molecular weight excluding hydrogens is 404 g/mol. The van der Waals surface area contributed by atoms with Crippen molar-refractivity contribution in [3.63, 3.8) is 0 Å². The molecule has 1 atom stereocenters. The van der Waals surface area contributed by atoms with E-state index in [1.54, 1.807) is 26.0 Å². The predicted octanol–water partition coefficient (Wildman–Crippen LogP) is 5.89. The van der Waals surface area contributed by atoms with Crippen LogP contribution in [0.4, 0.5) is 5.69 Å². The number of carbonyl (C=O) groups is 1. The fourth-order valence-corrected chi connectivity index (χ4v) is 4.30. The molecule has 1 aliphatic heterocycles. The maximum Gasteiger partial charge on any atom is 0.231 e. The summed E-state index contributed by atoms with van der Waals surface area (Å²) in [6.07, 6.45) is 0. The number of hydrogen-bond acceptors (Lipinski definition) is 3. The van der Waals surface area contributed by atoms with Crippen molar-refractivity contribution in [2.45, 2.75) is 23.9 Å². The molecule has 1 unspecified atom stereocenters. The zero-order chi connectivity index (χ0) is 18.6. The molecule has 0 saturated heterocycles. The van der Waals surface area contributed by atoms with Gasteiger partial charge in [-0.2, -0.15) is 0 Å². The van der Waals surface area contributed by atoms with Crippen LogP contribution in [0.3, 0.4) is 0 Å². The summed E-state index contributed by atoms with van der Waals surface area (Å²) in [5.74, 6) is -0.517. The van der Waals surface area contributed by atoms with Crippen molar-refractivity contribution in [1.29, 1.82) is 0 Å². The van der Waals surface area contributed by atoms with Crippen LogP contribution in [0.1, 0.15) is 27.0 Å². The van der Waals surface area contributed by atoms with Gasteiger partial charge in [0.2, 0.25) is 15.8 Å². The first-order chi connectivity index (χ1) is 11.7. The molecule has 1 heterocycles. The minimum atomic E-state index is -1.93. The first-order valence-corrected chi connectivity index (χ1v) is 8.99. The Balaban J connectivity index is 2.37. The molecule has 1 aliphatic rings. The number of halogens is 4. The van der Waals surface area contributed by atoms with Crippen LogP contribution >= 0.6 is 46.4 Å². The lowest BCUT2D eigenvalue weighted by Crippen LogP contribution is -2.59. The third kappa shape index (κ3) is 2.48. The summed E-state index contributed by atoms with van der Waals surface area (Å²) in [5, 5.41) is 3.92. The van der Waals surface area contributed by atoms with Crippen LogP contribution in [-0.2, 0) is 10.5 Å². The lowest BCUT2D eigenvalue weighted by atomic mass is 9.85. The summed E-state index contributed by atoms with van der Waals surface area (Å²) in [6, 6.07) is 9.01. The molecule has 3 nitrogen and oxygen atoms in total. The van der Waals surface area contributed by atoms with E-state index < -0.39 is 15.8 Å². The highest BCUT2D eigenvalue weighted by molar-refractivity contribution is 6.62. The maximum absolute atomic E-state index is 13.2. The van der Waals surface area contributed by atoms with Gasteiger partial charge < -0.3 is 10.1 Å². The second-order valence-corrected chi connectivity index (χ2v) is 7.99. The van der Waals surface area contributed by atoms with E-state index in [0.29, 0.717) is 32.4 Å². The number of methoxy groups -OCH3 is 1. The molecule has 0 amide bonds. The number of ketones is 1. The zero-order valence-electron chi connectivity index (χ0n) is 13.7. The molecule has 3 rings (SSSR count). The molecule has 0 saturated carbocycles. The highest BCUT2D eigenvalue weighted by Gasteiger charge is 2.61. The van der Waals surface area contributed by atoms with Gasteiger partial charge in [-0.1, -0.05) is 76.7 Å². The van der Waals surface area contributed by atoms with Gasteiger partial charge >= 0.3 is 0 Å². The maximum atomic E-state index is 13.2. The Morgan fingerprint density at radius 2 is 1.60 bits per heavy atom. The number of fused-ring (bicyclic) bond motifs is 1. The molecule has 0 aromatic heterocycles. The monoisotopic (exact) mass is 417 g/mol. The number of nitrogens with one attached hydrogen (secondary N) is 1. The Morgan fingerprint density at radius 1 is 1.00 bits per heavy atom. The number of rotatable bonds is 2. The van der Waals surface area contributed by atoms with E-state index in [4.69, 9.17) is 51.1 Å². The van der Waals surface area contributed by atoms with Gasteiger partial charge in [-0.25, -0.2) is 0 Å². The Bertz CT molecular complexity index is 867. The van der Waals surface area contributed by atoms with Crippen molar-refractivity contribution >= 4 is 57.9 Å². The largest absolute Gasteiger partial charge is 0.352 e. The summed E-state index contributed by atoms with van der Waals surface area (Å²) >= 11 is 25.9. The summed E-state index contributed by atoms with van der Waals surface area (Å²) in [7, 11) is 1.43. The van der Waals surface area contributed by atoms with E-state index in [-0.39, 0.29) is 5.56 Å². The first-order valence-electron chi connectivity index (χ1n) is 7.48. The molecule has 0 bridgehead atoms. The SMILES string of the molecule is COC1(c2ccccc2)Nc2c(Cl)c(C)c(Cl)c(C)c2C(=O)C1(Cl)Cl. The highest BCUT2D eigenvalue weighted by Crippen LogP contribution is 2.54. The van der Waals surface area contributed by atoms with Gasteiger partial charge in [0.1, 0.15) is 0 Å². The molecule has 2 aromatic rings. The van der Waals surface area contributed by atoms with E-state index in [0.717, 1.165) is 0 Å². The number of alkyl halides is 2. The van der Waals surface area contributed by atoms with E-state index >= 15 is 0 Å². The van der Waals surface area contributed by atoms with E-state index in [1.165, 1.54) is 7.11 Å². The van der Waals surface area contributed by atoms with Gasteiger partial charge in [0.15, 0.2) is 0 Å². The van der Waals surface area contributed by atoms with Crippen LogP contribution in [0, 0.1) is 13.8 Å². The highest BCUT2D eigenvalue weighted by atomic mass is 35.5. The molecule has 1 N–H and O–H groups in total. The molecule has 0 radical (unpaired) electrons. The fraction of sp³-hybridized carbons (Fsp3) is 0.278. The Hall–Kier alpha value is -0.970. The fourth-order valence-electron chi connectivity index (χ4n) is 3.17. The first kappa shape index (κ1) is 18.8. The van der Waals surface area contributed by atoms with Crippen molar-refractivity contribution in [2.75, 3.05) is 12.4 Å². The number of anilines is 1. The molecule has 2 aromatic carbocycles. The topological polar surface area (TPSA) is 38.3 Å². The molecule has 25 heavy (non-hydrogen) atoms. The zero-order valence-corrected chi connectivity index (χ0v) is 16.7. The van der Waals surface area contributed by atoms with Crippen molar-refractivity contribution in [2.24, 2.45) is 0 Å². The molecule has 132 valence electrons. The van der Waals surface area contributed by atoms with Gasteiger partial charge in [0.05, 0.1) is 16.3 Å². The predicted molar refractivity (Wildman–Crippen MR) is 103 cm³/mol. The second-order valence-electron chi connectivity index (χ2n) is 5.91. The van der Waals surface area contributed by atoms with Crippen LogP contribution in [-0.4, -0.2) is 17.2 Å². The number of hydrogen-bond donors (Lipinski definition) is 1. The third-order valence-corrected chi connectivity index (χ3v) is 6.49. The summed E-state index contributed by atoms with van der Waals surface area (Å²) in [5.41, 5.74) is 1.01. The quantitative estimate of drug-likeness (QED) is 0.617. The smallest absolute Gasteiger partial charge is 0.231 e. The minimum Gasteiger partial charge on any atom is -0.352 e. The van der Waals surface area contributed by atoms with Gasteiger partial charge in [-0.3, -0.25) is 4.79 Å². The van der Waals surface area contributed by atoms with Crippen LogP contribution in [0.15, 0.2) is 30.3 Å². The molecule has 0 fully saturated rings. The normalized spacial score (nSPS) is 21.6. The Morgan fingerprint density at radius 3 is 2.16 bits per heavy atom. The minimum absolute atomic E-state index is 0.272. The molecule has 0 aliphatic carbocycles.